The van der Waals surface area contributed by atoms with Gasteiger partial charge in [0, 0.05) is 16.6 Å². The van der Waals surface area contributed by atoms with Crippen molar-refractivity contribution in [1.82, 2.24) is 15.0 Å². The molecule has 27 heteroatoms. The van der Waals surface area contributed by atoms with Crippen LogP contribution >= 0.6 is 12.0 Å². The maximum atomic E-state index is 11.9. The number of nitrogens with one attached hydrogen (secondary N) is 2. The molecule has 23 nitrogen and oxygen atoms in total. The van der Waals surface area contributed by atoms with Crippen LogP contribution in [0, 0.1) is 0 Å². The third kappa shape index (κ3) is 12.9. The second-order valence-corrected chi connectivity index (χ2v) is 17.3. The predicted molar refractivity (Wildman–Crippen MR) is 210 cm³/mol. The Morgan fingerprint density at radius 2 is 1.37 bits per heavy atom. The fourth-order valence-corrected chi connectivity index (χ4v) is 7.04. The fourth-order valence-electron chi connectivity index (χ4n) is 4.86. The number of hydrogen-bond acceptors (Lipinski definition) is 21. The highest BCUT2D eigenvalue weighted by Gasteiger charge is 2.46. The molecule has 1 atom stereocenters. The molecular formula is C32H30N10O13S4. The summed E-state index contributed by atoms with van der Waals surface area (Å²) >= 11 is 0.730. The Morgan fingerprint density at radius 3 is 2.02 bits per heavy atom. The molecule has 2 heterocycles. The van der Waals surface area contributed by atoms with Crippen LogP contribution in [0.4, 0.5) is 52.0 Å². The smallest absolute Gasteiger partial charge is 0.294 e. The van der Waals surface area contributed by atoms with Gasteiger partial charge in [0.25, 0.3) is 30.4 Å². The minimum atomic E-state index is -4.48. The zero-order valence-electron chi connectivity index (χ0n) is 29.7. The molecule has 5 aromatic rings. The summed E-state index contributed by atoms with van der Waals surface area (Å²) in [6.07, 6.45) is -0.0779. The van der Waals surface area contributed by atoms with Crippen molar-refractivity contribution in [2.24, 2.45) is 20.5 Å². The number of nitrogens with zero attached hydrogens (tertiary/aromatic N) is 8. The van der Waals surface area contributed by atoms with E-state index < -0.39 is 41.5 Å². The summed E-state index contributed by atoms with van der Waals surface area (Å²) in [4.78, 5) is 14.5. The minimum Gasteiger partial charge on any atom is -0.491 e. The van der Waals surface area contributed by atoms with Crippen molar-refractivity contribution in [3.05, 3.63) is 91.0 Å². The molecule has 0 saturated carbocycles. The Balaban J connectivity index is 1.25. The Kier molecular flexibility index (Phi) is 13.4. The van der Waals surface area contributed by atoms with E-state index >= 15 is 0 Å². The average Bonchev–Trinajstić information content (AvgIpc) is 4.01. The van der Waals surface area contributed by atoms with Crippen LogP contribution in [0.3, 0.4) is 0 Å². The molecule has 0 radical (unpaired) electrons. The molecule has 1 unspecified atom stereocenters. The summed E-state index contributed by atoms with van der Waals surface area (Å²) in [6.45, 7) is -0.271. The first-order valence-corrected chi connectivity index (χ1v) is 21.8. The van der Waals surface area contributed by atoms with Crippen molar-refractivity contribution in [2.75, 3.05) is 34.4 Å². The second-order valence-electron chi connectivity index (χ2n) is 12.0. The lowest BCUT2D eigenvalue weighted by molar-refractivity contribution is -0.432. The van der Waals surface area contributed by atoms with E-state index in [0.29, 0.717) is 27.6 Å². The van der Waals surface area contributed by atoms with Crippen LogP contribution in [0.1, 0.15) is 6.42 Å². The Morgan fingerprint density at radius 1 is 0.746 bits per heavy atom. The molecule has 59 heavy (non-hydrogen) atoms. The molecule has 0 spiro atoms. The van der Waals surface area contributed by atoms with E-state index in [9.17, 15) is 38.9 Å². The molecule has 4 aromatic carbocycles. The van der Waals surface area contributed by atoms with Gasteiger partial charge in [-0.3, -0.25) is 13.7 Å². The van der Waals surface area contributed by atoms with Crippen molar-refractivity contribution in [3.8, 4) is 5.75 Å². The number of hydrogen-bond donors (Lipinski definition) is 6. The van der Waals surface area contributed by atoms with E-state index in [-0.39, 0.29) is 59.4 Å². The van der Waals surface area contributed by atoms with Crippen molar-refractivity contribution >= 4 is 94.4 Å². The van der Waals surface area contributed by atoms with Gasteiger partial charge in [-0.25, -0.2) is 5.26 Å². The van der Waals surface area contributed by atoms with Gasteiger partial charge in [0.15, 0.2) is 5.37 Å². The summed E-state index contributed by atoms with van der Waals surface area (Å²) < 4.78 is 108. The highest BCUT2D eigenvalue weighted by molar-refractivity contribution is 7.94. The summed E-state index contributed by atoms with van der Waals surface area (Å²) in [5.41, 5.74) is 1.93. The first kappa shape index (κ1) is 42.8. The first-order chi connectivity index (χ1) is 28.0. The van der Waals surface area contributed by atoms with Gasteiger partial charge in [-0.2, -0.15) is 60.7 Å². The molecule has 6 rings (SSSR count). The highest BCUT2D eigenvalue weighted by Crippen LogP contribution is 2.35. The Hall–Kier alpha value is -5.75. The Bertz CT molecular complexity index is 2710. The normalized spacial score (nSPS) is 14.5. The van der Waals surface area contributed by atoms with Crippen molar-refractivity contribution in [3.63, 3.8) is 0 Å². The quantitative estimate of drug-likeness (QED) is 0.00972. The van der Waals surface area contributed by atoms with E-state index in [1.807, 2.05) is 0 Å². The molecule has 1 saturated heterocycles. The predicted octanol–water partition coefficient (Wildman–Crippen LogP) is 6.56. The monoisotopic (exact) mass is 890 g/mol. The molecule has 0 bridgehead atoms. The zero-order chi connectivity index (χ0) is 42.2. The Labute approximate surface area is 339 Å². The molecule has 0 aliphatic carbocycles. The van der Waals surface area contributed by atoms with Crippen LogP contribution < -0.4 is 20.3 Å². The number of ether oxygens (including phenoxy) is 1. The van der Waals surface area contributed by atoms with Crippen LogP contribution in [0.2, 0.25) is 0 Å². The average molecular weight is 891 g/mol. The molecule has 1 aromatic heterocycles. The van der Waals surface area contributed by atoms with Crippen molar-refractivity contribution in [2.45, 2.75) is 21.6 Å². The van der Waals surface area contributed by atoms with Crippen molar-refractivity contribution in [1.29, 1.82) is 0 Å². The minimum absolute atomic E-state index is 0.0627. The SMILES string of the molecule is O=S(=O)(O)CCCOc1cc(N=Nc2cccc(SOOO)c2)ccc1Nc1nc(Nc2ccc(N=Nc3cccc(S(=O)(=O)O)c3)cc2)nc(N2CC2S(=O)(=O)O)n1. The molecule has 1 aliphatic heterocycles. The summed E-state index contributed by atoms with van der Waals surface area (Å²) in [6, 6.07) is 22.7. The standard InChI is InChI=1S/C32H30N10O13S4/c43-54-55-56-25-6-1-4-22(16-25)39-41-24-12-13-27(28(18-24)53-14-3-15-57(44,45)46)34-31-35-30(36-32(37-31)42-19-29(42)59(50,51)52)33-20-8-10-21(11-9-20)38-40-23-5-2-7-26(17-23)58(47,48)49/h1-2,4-13,16-18,29,43H,3,14-15,19H2,(H,44,45,46)(H,47,48,49)(H,50,51,52)(H2,33,34,35,36,37). The second kappa shape index (κ2) is 18.4. The maximum Gasteiger partial charge on any atom is 0.294 e. The number of anilines is 5. The molecular weight excluding hydrogens is 861 g/mol. The highest BCUT2D eigenvalue weighted by atomic mass is 32.2. The van der Waals surface area contributed by atoms with E-state index in [4.69, 9.17) is 9.99 Å². The number of rotatable bonds is 19. The van der Waals surface area contributed by atoms with E-state index in [0.717, 1.165) is 18.1 Å². The molecule has 1 aliphatic rings. The zero-order valence-corrected chi connectivity index (χ0v) is 33.0. The van der Waals surface area contributed by atoms with Crippen LogP contribution in [0.15, 0.2) is 121 Å². The first-order valence-electron chi connectivity index (χ1n) is 16.5. The third-order valence-corrected chi connectivity index (χ3v) is 10.9. The molecule has 0 amide bonds. The van der Waals surface area contributed by atoms with Gasteiger partial charge in [-0.15, -0.1) is 4.33 Å². The van der Waals surface area contributed by atoms with E-state index in [2.05, 4.69) is 55.4 Å². The van der Waals surface area contributed by atoms with Gasteiger partial charge in [-0.05, 0) is 79.2 Å². The summed E-state index contributed by atoms with van der Waals surface area (Å²) in [7, 11) is -13.2. The van der Waals surface area contributed by atoms with E-state index in [1.165, 1.54) is 35.2 Å². The summed E-state index contributed by atoms with van der Waals surface area (Å²) in [5.74, 6) is -0.741. The molecule has 310 valence electrons. The van der Waals surface area contributed by atoms with Crippen LogP contribution in [-0.2, 0) is 39.7 Å². The number of aromatic nitrogens is 3. The van der Waals surface area contributed by atoms with Crippen LogP contribution in [0.5, 0.6) is 5.75 Å². The topological polar surface area (TPSA) is 326 Å². The van der Waals surface area contributed by atoms with Gasteiger partial charge in [-0.1, -0.05) is 17.2 Å². The largest absolute Gasteiger partial charge is 0.491 e. The van der Waals surface area contributed by atoms with Crippen molar-refractivity contribution < 1.29 is 58.3 Å². The van der Waals surface area contributed by atoms with Gasteiger partial charge in [0.1, 0.15) is 5.75 Å². The lowest BCUT2D eigenvalue weighted by Crippen LogP contribution is -2.15. The lowest BCUT2D eigenvalue weighted by atomic mass is 10.2. The molecule has 6 N–H and O–H groups in total. The summed E-state index contributed by atoms with van der Waals surface area (Å²) in [5, 5.41) is 33.2. The van der Waals surface area contributed by atoms with Crippen LogP contribution in [-0.4, -0.2) is 83.4 Å². The van der Waals surface area contributed by atoms with Gasteiger partial charge in [0.2, 0.25) is 17.8 Å². The fraction of sp³-hybridized carbons (Fsp3) is 0.156. The number of azo groups is 2. The molecule has 1 fully saturated rings. The van der Waals surface area contributed by atoms with Crippen LogP contribution in [0.25, 0.3) is 0 Å². The van der Waals surface area contributed by atoms with Gasteiger partial charge in [0.05, 0.1) is 64.3 Å². The third-order valence-electron chi connectivity index (χ3n) is 7.59. The van der Waals surface area contributed by atoms with E-state index in [1.54, 1.807) is 54.6 Å². The maximum absolute atomic E-state index is 11.9. The van der Waals surface area contributed by atoms with Gasteiger partial charge < -0.3 is 20.3 Å². The van der Waals surface area contributed by atoms with Gasteiger partial charge >= 0.3 is 0 Å². The lowest BCUT2D eigenvalue weighted by Gasteiger charge is -2.15. The number of benzene rings is 4.